The molecule has 1 saturated heterocycles. The first-order chi connectivity index (χ1) is 11.6. The summed E-state index contributed by atoms with van der Waals surface area (Å²) in [4.78, 5) is 19.1. The van der Waals surface area contributed by atoms with Gasteiger partial charge in [0.15, 0.2) is 0 Å². The van der Waals surface area contributed by atoms with Crippen LogP contribution in [0.5, 0.6) is 0 Å². The monoisotopic (exact) mass is 332 g/mol. The Kier molecular flexibility index (Phi) is 5.23. The van der Waals surface area contributed by atoms with Crippen molar-refractivity contribution >= 4 is 11.8 Å². The molecule has 24 heavy (non-hydrogen) atoms. The minimum absolute atomic E-state index is 0.0257. The Labute approximate surface area is 143 Å². The molecule has 6 nitrogen and oxygen atoms in total. The van der Waals surface area contributed by atoms with E-state index < -0.39 is 5.54 Å². The lowest BCUT2D eigenvalue weighted by Gasteiger charge is -2.34. The van der Waals surface area contributed by atoms with Crippen LogP contribution in [-0.4, -0.2) is 47.4 Å². The molecule has 0 unspecified atom stereocenters. The van der Waals surface area contributed by atoms with Crippen LogP contribution in [0.1, 0.15) is 44.2 Å². The van der Waals surface area contributed by atoms with E-state index in [4.69, 9.17) is 0 Å². The van der Waals surface area contributed by atoms with E-state index in [1.807, 2.05) is 25.1 Å². The number of rotatable bonds is 4. The van der Waals surface area contributed by atoms with Crippen LogP contribution in [-0.2, 0) is 0 Å². The molecule has 2 amide bonds. The molecule has 1 aliphatic heterocycles. The number of aromatic nitrogens is 1. The number of aliphatic hydroxyl groups is 1. The first-order valence-electron chi connectivity index (χ1n) is 8.98. The molecule has 1 aliphatic carbocycles. The van der Waals surface area contributed by atoms with E-state index in [1.165, 1.54) is 0 Å². The highest BCUT2D eigenvalue weighted by Crippen LogP contribution is 2.29. The fourth-order valence-electron chi connectivity index (χ4n) is 3.79. The zero-order valence-corrected chi connectivity index (χ0v) is 14.4. The van der Waals surface area contributed by atoms with Gasteiger partial charge >= 0.3 is 6.03 Å². The SMILES string of the molecule is Cc1cccc(N2CCC(NC(=O)NC3(CO)CCCC3)CC2)n1. The zero-order chi connectivity index (χ0) is 17.0. The van der Waals surface area contributed by atoms with Crippen molar-refractivity contribution in [3.8, 4) is 0 Å². The molecule has 132 valence electrons. The van der Waals surface area contributed by atoms with Gasteiger partial charge in [0.05, 0.1) is 12.1 Å². The van der Waals surface area contributed by atoms with Crippen molar-refractivity contribution in [3.05, 3.63) is 23.9 Å². The van der Waals surface area contributed by atoms with Crippen LogP contribution in [0.3, 0.4) is 0 Å². The second kappa shape index (κ2) is 7.38. The molecule has 6 heteroatoms. The lowest BCUT2D eigenvalue weighted by atomic mass is 9.99. The third kappa shape index (κ3) is 3.98. The number of aliphatic hydroxyl groups excluding tert-OH is 1. The van der Waals surface area contributed by atoms with E-state index in [9.17, 15) is 9.90 Å². The van der Waals surface area contributed by atoms with Crippen molar-refractivity contribution in [2.24, 2.45) is 0 Å². The van der Waals surface area contributed by atoms with E-state index >= 15 is 0 Å². The smallest absolute Gasteiger partial charge is 0.315 e. The third-order valence-electron chi connectivity index (χ3n) is 5.27. The van der Waals surface area contributed by atoms with Crippen molar-refractivity contribution in [2.75, 3.05) is 24.6 Å². The molecule has 0 radical (unpaired) electrons. The third-order valence-corrected chi connectivity index (χ3v) is 5.27. The highest BCUT2D eigenvalue weighted by molar-refractivity contribution is 5.75. The molecule has 2 fully saturated rings. The van der Waals surface area contributed by atoms with E-state index in [0.717, 1.165) is 63.1 Å². The van der Waals surface area contributed by atoms with E-state index in [-0.39, 0.29) is 18.7 Å². The Morgan fingerprint density at radius 1 is 1.33 bits per heavy atom. The number of aryl methyl sites for hydroxylation is 1. The molecule has 0 aromatic carbocycles. The number of carbonyl (C=O) groups excluding carboxylic acids is 1. The number of nitrogens with one attached hydrogen (secondary N) is 2. The Morgan fingerprint density at radius 2 is 2.04 bits per heavy atom. The number of amides is 2. The second-order valence-electron chi connectivity index (χ2n) is 7.14. The molecule has 1 aromatic heterocycles. The van der Waals surface area contributed by atoms with Gasteiger partial charge in [-0.25, -0.2) is 9.78 Å². The largest absolute Gasteiger partial charge is 0.394 e. The predicted octanol–water partition coefficient (Wildman–Crippen LogP) is 1.96. The summed E-state index contributed by atoms with van der Waals surface area (Å²) in [6.45, 7) is 3.82. The lowest BCUT2D eigenvalue weighted by molar-refractivity contribution is 0.161. The van der Waals surface area contributed by atoms with Gasteiger partial charge in [0.25, 0.3) is 0 Å². The molecular weight excluding hydrogens is 304 g/mol. The number of pyridine rings is 1. The van der Waals surface area contributed by atoms with Crippen LogP contribution in [0.4, 0.5) is 10.6 Å². The fourth-order valence-corrected chi connectivity index (χ4v) is 3.79. The van der Waals surface area contributed by atoms with E-state index in [2.05, 4.69) is 20.5 Å². The number of carbonyl (C=O) groups is 1. The maximum atomic E-state index is 12.3. The summed E-state index contributed by atoms with van der Waals surface area (Å²) in [5.41, 5.74) is 0.619. The Balaban J connectivity index is 1.47. The summed E-state index contributed by atoms with van der Waals surface area (Å²) in [5, 5.41) is 15.7. The van der Waals surface area contributed by atoms with Crippen LogP contribution in [0, 0.1) is 6.92 Å². The first kappa shape index (κ1) is 17.0. The maximum Gasteiger partial charge on any atom is 0.315 e. The molecule has 2 aliphatic rings. The van der Waals surface area contributed by atoms with Crippen molar-refractivity contribution in [1.29, 1.82) is 0 Å². The molecule has 0 atom stereocenters. The van der Waals surface area contributed by atoms with Crippen molar-refractivity contribution < 1.29 is 9.90 Å². The van der Waals surface area contributed by atoms with E-state index in [1.54, 1.807) is 0 Å². The van der Waals surface area contributed by atoms with Crippen LogP contribution in [0.15, 0.2) is 18.2 Å². The Bertz CT molecular complexity index is 564. The number of nitrogens with zero attached hydrogens (tertiary/aromatic N) is 2. The standard InChI is InChI=1S/C18H28N4O2/c1-14-5-4-6-16(19-14)22-11-7-15(8-12-22)20-17(24)21-18(13-23)9-2-3-10-18/h4-6,15,23H,2-3,7-13H2,1H3,(H2,20,21,24). The Morgan fingerprint density at radius 3 is 2.67 bits per heavy atom. The molecular formula is C18H28N4O2. The van der Waals surface area contributed by atoms with Crippen molar-refractivity contribution in [3.63, 3.8) is 0 Å². The summed E-state index contributed by atoms with van der Waals surface area (Å²) in [6, 6.07) is 6.12. The highest BCUT2D eigenvalue weighted by Gasteiger charge is 2.35. The summed E-state index contributed by atoms with van der Waals surface area (Å²) in [5.74, 6) is 1.02. The second-order valence-corrected chi connectivity index (χ2v) is 7.14. The van der Waals surface area contributed by atoms with Crippen LogP contribution < -0.4 is 15.5 Å². The normalized spacial score (nSPS) is 20.8. The van der Waals surface area contributed by atoms with Gasteiger partial charge in [0, 0.05) is 24.8 Å². The van der Waals surface area contributed by atoms with E-state index in [0.29, 0.717) is 0 Å². The summed E-state index contributed by atoms with van der Waals surface area (Å²) in [6.07, 6.45) is 5.71. The Hall–Kier alpha value is -1.82. The van der Waals surface area contributed by atoms with Gasteiger partial charge in [-0.15, -0.1) is 0 Å². The average molecular weight is 332 g/mol. The van der Waals surface area contributed by atoms with Crippen molar-refractivity contribution in [2.45, 2.75) is 57.0 Å². The minimum Gasteiger partial charge on any atom is -0.394 e. The number of urea groups is 1. The predicted molar refractivity (Wildman–Crippen MR) is 94.2 cm³/mol. The maximum absolute atomic E-state index is 12.3. The summed E-state index contributed by atoms with van der Waals surface area (Å²) in [7, 11) is 0. The molecule has 1 saturated carbocycles. The number of hydrogen-bond acceptors (Lipinski definition) is 4. The van der Waals surface area contributed by atoms with Crippen LogP contribution in [0.2, 0.25) is 0 Å². The zero-order valence-electron chi connectivity index (χ0n) is 14.4. The fraction of sp³-hybridized carbons (Fsp3) is 0.667. The van der Waals surface area contributed by atoms with Gasteiger partial charge in [-0.2, -0.15) is 0 Å². The van der Waals surface area contributed by atoms with Gasteiger partial charge in [0.2, 0.25) is 0 Å². The van der Waals surface area contributed by atoms with Gasteiger partial charge in [-0.05, 0) is 44.7 Å². The highest BCUT2D eigenvalue weighted by atomic mass is 16.3. The molecule has 3 N–H and O–H groups in total. The van der Waals surface area contributed by atoms with Gasteiger partial charge in [-0.3, -0.25) is 0 Å². The topological polar surface area (TPSA) is 77.5 Å². The van der Waals surface area contributed by atoms with Crippen LogP contribution in [0.25, 0.3) is 0 Å². The molecule has 0 bridgehead atoms. The molecule has 3 rings (SSSR count). The number of piperidine rings is 1. The van der Waals surface area contributed by atoms with Gasteiger partial charge < -0.3 is 20.6 Å². The minimum atomic E-state index is -0.406. The molecule has 1 aromatic rings. The number of hydrogen-bond donors (Lipinski definition) is 3. The number of anilines is 1. The van der Waals surface area contributed by atoms with Gasteiger partial charge in [-0.1, -0.05) is 18.9 Å². The summed E-state index contributed by atoms with van der Waals surface area (Å²) < 4.78 is 0. The van der Waals surface area contributed by atoms with Crippen molar-refractivity contribution in [1.82, 2.24) is 15.6 Å². The first-order valence-corrected chi connectivity index (χ1v) is 8.98. The molecule has 2 heterocycles. The lowest BCUT2D eigenvalue weighted by Crippen LogP contribution is -2.56. The average Bonchev–Trinajstić information content (AvgIpc) is 3.04. The van der Waals surface area contributed by atoms with Crippen LogP contribution >= 0.6 is 0 Å². The van der Waals surface area contributed by atoms with Gasteiger partial charge in [0.1, 0.15) is 5.82 Å². The molecule has 0 spiro atoms. The summed E-state index contributed by atoms with van der Waals surface area (Å²) >= 11 is 0. The quantitative estimate of drug-likeness (QED) is 0.788.